The maximum Gasteiger partial charge on any atom is 0.346 e. The van der Waals surface area contributed by atoms with Crippen LogP contribution >= 0.6 is 0 Å². The maximum absolute atomic E-state index is 12.2. The van der Waals surface area contributed by atoms with E-state index in [1.165, 1.54) is 10.6 Å². The molecule has 1 N–H and O–H groups in total. The highest BCUT2D eigenvalue weighted by Crippen LogP contribution is 2.05. The summed E-state index contributed by atoms with van der Waals surface area (Å²) in [6.07, 6.45) is 3.91. The number of anilines is 1. The van der Waals surface area contributed by atoms with Crippen LogP contribution in [0.1, 0.15) is 0 Å². The summed E-state index contributed by atoms with van der Waals surface area (Å²) in [4.78, 5) is 39.3. The molecule has 0 unspecified atom stereocenters. The number of rotatable bonds is 4. The summed E-state index contributed by atoms with van der Waals surface area (Å²) in [6, 6.07) is 5.11. The number of nitrogens with zero attached hydrogens (tertiary/aromatic N) is 2. The van der Waals surface area contributed by atoms with Crippen molar-refractivity contribution in [1.82, 2.24) is 9.38 Å². The summed E-state index contributed by atoms with van der Waals surface area (Å²) in [5, 5.41) is 2.58. The highest BCUT2D eigenvalue weighted by Gasteiger charge is 2.19. The molecular formula is C14H13N3O5. The predicted molar refractivity (Wildman–Crippen MR) is 77.2 cm³/mol. The van der Waals surface area contributed by atoms with Crippen molar-refractivity contribution in [3.8, 4) is 0 Å². The highest BCUT2D eigenvalue weighted by atomic mass is 16.5. The first-order valence-electron chi connectivity index (χ1n) is 6.18. The van der Waals surface area contributed by atoms with Crippen LogP contribution in [0.5, 0.6) is 0 Å². The molecule has 0 saturated heterocycles. The van der Waals surface area contributed by atoms with Crippen LogP contribution in [-0.4, -0.2) is 35.5 Å². The smallest absolute Gasteiger partial charge is 0.346 e. The normalized spacial score (nSPS) is 9.91. The van der Waals surface area contributed by atoms with Crippen molar-refractivity contribution in [3.63, 3.8) is 0 Å². The fraction of sp³-hybridized carbons (Fsp3) is 0.143. The second-order valence-electron chi connectivity index (χ2n) is 4.09. The summed E-state index contributed by atoms with van der Waals surface area (Å²) in [7, 11) is 2.26. The number of hydrogen-bond acceptors (Lipinski definition) is 7. The molecule has 0 atom stereocenters. The standard InChI is InChI=1S/C14H13N3O5/c1-21-13(19)9(14(20)22-2)7-15-10-8-16-11-5-3-4-6-17(11)12(10)18/h3-8,15H,1-2H3. The van der Waals surface area contributed by atoms with Gasteiger partial charge in [-0.15, -0.1) is 0 Å². The summed E-state index contributed by atoms with van der Waals surface area (Å²) in [5.74, 6) is -1.76. The van der Waals surface area contributed by atoms with Gasteiger partial charge >= 0.3 is 11.9 Å². The molecule has 0 radical (unpaired) electrons. The lowest BCUT2D eigenvalue weighted by molar-refractivity contribution is -0.144. The number of aromatic nitrogens is 2. The molecule has 0 aromatic carbocycles. The average molecular weight is 303 g/mol. The molecule has 0 saturated carbocycles. The van der Waals surface area contributed by atoms with E-state index in [0.29, 0.717) is 5.65 Å². The van der Waals surface area contributed by atoms with E-state index in [2.05, 4.69) is 19.8 Å². The lowest BCUT2D eigenvalue weighted by Gasteiger charge is -2.06. The molecule has 0 bridgehead atoms. The van der Waals surface area contributed by atoms with Gasteiger partial charge < -0.3 is 14.8 Å². The van der Waals surface area contributed by atoms with Crippen molar-refractivity contribution in [2.45, 2.75) is 0 Å². The molecule has 114 valence electrons. The van der Waals surface area contributed by atoms with E-state index >= 15 is 0 Å². The molecule has 2 rings (SSSR count). The molecule has 0 amide bonds. The Hall–Kier alpha value is -3.16. The van der Waals surface area contributed by atoms with Gasteiger partial charge in [0, 0.05) is 12.4 Å². The molecule has 8 heteroatoms. The van der Waals surface area contributed by atoms with E-state index in [1.807, 2.05) is 0 Å². The van der Waals surface area contributed by atoms with Crippen LogP contribution in [0.15, 0.2) is 47.2 Å². The number of pyridine rings is 1. The van der Waals surface area contributed by atoms with Crippen LogP contribution in [0.3, 0.4) is 0 Å². The third-order valence-electron chi connectivity index (χ3n) is 2.80. The monoisotopic (exact) mass is 303 g/mol. The largest absolute Gasteiger partial charge is 0.465 e. The zero-order valence-electron chi connectivity index (χ0n) is 11.9. The highest BCUT2D eigenvalue weighted by molar-refractivity contribution is 6.14. The third kappa shape index (κ3) is 2.95. The fourth-order valence-corrected chi connectivity index (χ4v) is 1.70. The topological polar surface area (TPSA) is 99.0 Å². The van der Waals surface area contributed by atoms with Gasteiger partial charge in [0.1, 0.15) is 11.3 Å². The average Bonchev–Trinajstić information content (AvgIpc) is 2.56. The number of ether oxygens (including phenoxy) is 2. The van der Waals surface area contributed by atoms with Crippen molar-refractivity contribution in [2.24, 2.45) is 0 Å². The number of esters is 2. The van der Waals surface area contributed by atoms with Gasteiger partial charge in [-0.2, -0.15) is 0 Å². The maximum atomic E-state index is 12.2. The molecule has 2 aromatic heterocycles. The molecule has 0 fully saturated rings. The van der Waals surface area contributed by atoms with Crippen LogP contribution < -0.4 is 10.9 Å². The summed E-state index contributed by atoms with van der Waals surface area (Å²) < 4.78 is 10.3. The predicted octanol–water partition coefficient (Wildman–Crippen LogP) is 0.336. The molecule has 22 heavy (non-hydrogen) atoms. The van der Waals surface area contributed by atoms with Crippen LogP contribution in [0, 0.1) is 0 Å². The van der Waals surface area contributed by atoms with Gasteiger partial charge in [-0.05, 0) is 12.1 Å². The lowest BCUT2D eigenvalue weighted by Crippen LogP contribution is -2.20. The number of nitrogens with one attached hydrogen (secondary N) is 1. The molecule has 2 heterocycles. The van der Waals surface area contributed by atoms with Crippen LogP contribution in [0.25, 0.3) is 5.65 Å². The van der Waals surface area contributed by atoms with Crippen LogP contribution in [0.2, 0.25) is 0 Å². The first-order chi connectivity index (χ1) is 10.6. The molecular weight excluding hydrogens is 290 g/mol. The molecule has 0 aliphatic carbocycles. The van der Waals surface area contributed by atoms with Gasteiger partial charge in [0.15, 0.2) is 5.57 Å². The van der Waals surface area contributed by atoms with Gasteiger partial charge in [-0.25, -0.2) is 14.6 Å². The Morgan fingerprint density at radius 3 is 2.55 bits per heavy atom. The number of methoxy groups -OCH3 is 2. The number of hydrogen-bond donors (Lipinski definition) is 1. The third-order valence-corrected chi connectivity index (χ3v) is 2.80. The summed E-state index contributed by atoms with van der Waals surface area (Å²) in [6.45, 7) is 0. The Morgan fingerprint density at radius 2 is 1.91 bits per heavy atom. The van der Waals surface area contributed by atoms with Gasteiger partial charge in [0.25, 0.3) is 5.56 Å². The van der Waals surface area contributed by atoms with E-state index in [0.717, 1.165) is 20.4 Å². The lowest BCUT2D eigenvalue weighted by atomic mass is 10.3. The minimum atomic E-state index is -0.881. The van der Waals surface area contributed by atoms with E-state index in [4.69, 9.17) is 0 Å². The van der Waals surface area contributed by atoms with E-state index in [-0.39, 0.29) is 16.8 Å². The van der Waals surface area contributed by atoms with E-state index in [9.17, 15) is 14.4 Å². The molecule has 0 aliphatic rings. The number of fused-ring (bicyclic) bond motifs is 1. The zero-order chi connectivity index (χ0) is 16.1. The Labute approximate surface area is 125 Å². The Balaban J connectivity index is 2.39. The molecule has 0 spiro atoms. The Morgan fingerprint density at radius 1 is 1.23 bits per heavy atom. The van der Waals surface area contributed by atoms with Crippen molar-refractivity contribution in [3.05, 3.63) is 52.7 Å². The Kier molecular flexibility index (Phi) is 4.52. The molecule has 8 nitrogen and oxygen atoms in total. The first kappa shape index (κ1) is 15.2. The van der Waals surface area contributed by atoms with E-state index < -0.39 is 11.9 Å². The second kappa shape index (κ2) is 6.53. The van der Waals surface area contributed by atoms with Crippen LogP contribution in [0.4, 0.5) is 5.69 Å². The fourth-order valence-electron chi connectivity index (χ4n) is 1.70. The van der Waals surface area contributed by atoms with Crippen molar-refractivity contribution in [2.75, 3.05) is 19.5 Å². The van der Waals surface area contributed by atoms with Gasteiger partial charge in [-0.3, -0.25) is 9.20 Å². The zero-order valence-corrected chi connectivity index (χ0v) is 11.9. The minimum Gasteiger partial charge on any atom is -0.465 e. The SMILES string of the molecule is COC(=O)C(=CNc1cnc2ccccn2c1=O)C(=O)OC. The first-order valence-corrected chi connectivity index (χ1v) is 6.18. The van der Waals surface area contributed by atoms with Gasteiger partial charge in [0.2, 0.25) is 0 Å². The van der Waals surface area contributed by atoms with Crippen LogP contribution in [-0.2, 0) is 19.1 Å². The molecule has 2 aromatic rings. The molecule has 0 aliphatic heterocycles. The Bertz CT molecular complexity index is 791. The number of carbonyl (C=O) groups is 2. The van der Waals surface area contributed by atoms with Crippen molar-refractivity contribution < 1.29 is 19.1 Å². The quantitative estimate of drug-likeness (QED) is 0.376. The van der Waals surface area contributed by atoms with Crippen molar-refractivity contribution >= 4 is 23.3 Å². The summed E-state index contributed by atoms with van der Waals surface area (Å²) >= 11 is 0. The number of carbonyl (C=O) groups excluding carboxylic acids is 2. The van der Waals surface area contributed by atoms with E-state index in [1.54, 1.807) is 24.4 Å². The van der Waals surface area contributed by atoms with Gasteiger partial charge in [-0.1, -0.05) is 6.07 Å². The van der Waals surface area contributed by atoms with Crippen molar-refractivity contribution in [1.29, 1.82) is 0 Å². The minimum absolute atomic E-state index is 0.0917. The second-order valence-corrected chi connectivity index (χ2v) is 4.09. The summed E-state index contributed by atoms with van der Waals surface area (Å²) in [5.41, 5.74) is -0.185. The van der Waals surface area contributed by atoms with Gasteiger partial charge in [0.05, 0.1) is 20.4 Å².